The number of carbonyl (C=O) groups excluding carboxylic acids is 3. The molecule has 0 aromatic heterocycles. The van der Waals surface area contributed by atoms with E-state index in [0.29, 0.717) is 19.3 Å². The van der Waals surface area contributed by atoms with Crippen molar-refractivity contribution in [3.8, 4) is 0 Å². The van der Waals surface area contributed by atoms with Gasteiger partial charge in [0.2, 0.25) is 0 Å². The van der Waals surface area contributed by atoms with Gasteiger partial charge in [-0.2, -0.15) is 0 Å². The van der Waals surface area contributed by atoms with E-state index in [0.717, 1.165) is 109 Å². The van der Waals surface area contributed by atoms with Gasteiger partial charge >= 0.3 is 17.9 Å². The monoisotopic (exact) mass is 1140 g/mol. The maximum Gasteiger partial charge on any atom is 0.306 e. The van der Waals surface area contributed by atoms with Gasteiger partial charge in [-0.25, -0.2) is 0 Å². The fraction of sp³-hybridized carbons (Fsp3) is 0.750. The first kappa shape index (κ1) is 78.3. The van der Waals surface area contributed by atoms with Crippen LogP contribution in [-0.4, -0.2) is 37.2 Å². The summed E-state index contributed by atoms with van der Waals surface area (Å²) in [5, 5.41) is 0. The molecule has 6 nitrogen and oxygen atoms in total. The van der Waals surface area contributed by atoms with Gasteiger partial charge in [0.05, 0.1) is 0 Å². The Morgan fingerprint density at radius 3 is 0.780 bits per heavy atom. The second-order valence-electron chi connectivity index (χ2n) is 23.4. The van der Waals surface area contributed by atoms with Crippen molar-refractivity contribution in [2.45, 2.75) is 354 Å². The maximum absolute atomic E-state index is 13.0. The van der Waals surface area contributed by atoms with Crippen LogP contribution in [0.4, 0.5) is 0 Å². The fourth-order valence-corrected chi connectivity index (χ4v) is 10.0. The number of unbranched alkanes of at least 4 members (excludes halogenated alkanes) is 37. The first-order chi connectivity index (χ1) is 40.5. The second kappa shape index (κ2) is 69.8. The summed E-state index contributed by atoms with van der Waals surface area (Å²) in [5.74, 6) is -0.884. The Labute approximate surface area is 508 Å². The number of hydrogen-bond acceptors (Lipinski definition) is 6. The van der Waals surface area contributed by atoms with Crippen molar-refractivity contribution in [2.75, 3.05) is 13.2 Å². The molecule has 0 N–H and O–H groups in total. The van der Waals surface area contributed by atoms with Crippen LogP contribution in [0.15, 0.2) is 97.2 Å². The van der Waals surface area contributed by atoms with Crippen molar-refractivity contribution in [2.24, 2.45) is 0 Å². The lowest BCUT2D eigenvalue weighted by Gasteiger charge is -2.18. The zero-order valence-electron chi connectivity index (χ0n) is 54.2. The highest BCUT2D eigenvalue weighted by Crippen LogP contribution is 2.17. The van der Waals surface area contributed by atoms with Gasteiger partial charge in [0, 0.05) is 19.3 Å². The van der Waals surface area contributed by atoms with Crippen molar-refractivity contribution < 1.29 is 28.6 Å². The van der Waals surface area contributed by atoms with Gasteiger partial charge in [-0.3, -0.25) is 14.4 Å². The molecule has 0 saturated heterocycles. The summed E-state index contributed by atoms with van der Waals surface area (Å²) in [7, 11) is 0. The maximum atomic E-state index is 13.0. The predicted octanol–water partition coefficient (Wildman–Crippen LogP) is 24.4. The zero-order chi connectivity index (χ0) is 59.2. The van der Waals surface area contributed by atoms with E-state index >= 15 is 0 Å². The van der Waals surface area contributed by atoms with Crippen LogP contribution < -0.4 is 0 Å². The summed E-state index contributed by atoms with van der Waals surface area (Å²) in [6.45, 7) is 6.50. The number of esters is 3. The van der Waals surface area contributed by atoms with Crippen molar-refractivity contribution in [3.05, 3.63) is 97.2 Å². The lowest BCUT2D eigenvalue weighted by atomic mass is 10.0. The molecule has 0 spiro atoms. The van der Waals surface area contributed by atoms with Crippen LogP contribution in [-0.2, 0) is 28.6 Å². The number of rotatable bonds is 64. The van der Waals surface area contributed by atoms with Crippen LogP contribution in [0.3, 0.4) is 0 Å². The normalized spacial score (nSPS) is 12.7. The largest absolute Gasteiger partial charge is 0.462 e. The Balaban J connectivity index is 4.27. The first-order valence-electron chi connectivity index (χ1n) is 35.2. The highest BCUT2D eigenvalue weighted by Gasteiger charge is 2.19. The van der Waals surface area contributed by atoms with Crippen molar-refractivity contribution in [1.82, 2.24) is 0 Å². The van der Waals surface area contributed by atoms with Crippen LogP contribution >= 0.6 is 0 Å². The van der Waals surface area contributed by atoms with Gasteiger partial charge in [-0.05, 0) is 116 Å². The fourth-order valence-electron chi connectivity index (χ4n) is 10.0. The average Bonchev–Trinajstić information content (AvgIpc) is 3.47. The van der Waals surface area contributed by atoms with E-state index < -0.39 is 6.10 Å². The average molecular weight is 1140 g/mol. The molecule has 6 heteroatoms. The van der Waals surface area contributed by atoms with Crippen LogP contribution in [0.1, 0.15) is 348 Å². The first-order valence-corrected chi connectivity index (χ1v) is 35.2. The smallest absolute Gasteiger partial charge is 0.306 e. The van der Waals surface area contributed by atoms with Crippen LogP contribution in [0.25, 0.3) is 0 Å². The van der Waals surface area contributed by atoms with Gasteiger partial charge in [-0.1, -0.05) is 311 Å². The third kappa shape index (κ3) is 67.1. The van der Waals surface area contributed by atoms with Gasteiger partial charge < -0.3 is 14.2 Å². The number of ether oxygens (including phenoxy) is 3. The second-order valence-corrected chi connectivity index (χ2v) is 23.4. The molecule has 0 rings (SSSR count). The quantitative estimate of drug-likeness (QED) is 0.0261. The summed E-state index contributed by atoms with van der Waals surface area (Å²) in [6.07, 6.45) is 94.3. The molecule has 0 heterocycles. The number of hydrogen-bond donors (Lipinski definition) is 0. The van der Waals surface area contributed by atoms with Gasteiger partial charge in [0.1, 0.15) is 13.2 Å². The third-order valence-electron chi connectivity index (χ3n) is 15.3. The molecule has 0 aliphatic rings. The van der Waals surface area contributed by atoms with Crippen molar-refractivity contribution in [3.63, 3.8) is 0 Å². The minimum Gasteiger partial charge on any atom is -0.462 e. The van der Waals surface area contributed by atoms with Crippen LogP contribution in [0, 0.1) is 0 Å². The van der Waals surface area contributed by atoms with Gasteiger partial charge in [-0.15, -0.1) is 0 Å². The topological polar surface area (TPSA) is 78.9 Å². The predicted molar refractivity (Wildman–Crippen MR) is 357 cm³/mol. The molecule has 0 aliphatic carbocycles. The molecule has 0 fully saturated rings. The Hall–Kier alpha value is -3.67. The molecule has 472 valence electrons. The number of carbonyl (C=O) groups is 3. The van der Waals surface area contributed by atoms with Crippen molar-refractivity contribution in [1.29, 1.82) is 0 Å². The van der Waals surface area contributed by atoms with Crippen LogP contribution in [0.5, 0.6) is 0 Å². The molecule has 0 saturated carbocycles. The molecule has 0 radical (unpaired) electrons. The molecule has 1 unspecified atom stereocenters. The summed E-state index contributed by atoms with van der Waals surface area (Å²) < 4.78 is 17.0. The molecule has 0 aliphatic heterocycles. The van der Waals surface area contributed by atoms with E-state index in [9.17, 15) is 14.4 Å². The Bertz CT molecular complexity index is 1590. The Morgan fingerprint density at radius 2 is 0.488 bits per heavy atom. The van der Waals surface area contributed by atoms with E-state index in [4.69, 9.17) is 14.2 Å². The lowest BCUT2D eigenvalue weighted by molar-refractivity contribution is -0.167. The van der Waals surface area contributed by atoms with E-state index in [2.05, 4.69) is 118 Å². The van der Waals surface area contributed by atoms with Crippen LogP contribution in [0.2, 0.25) is 0 Å². The third-order valence-corrected chi connectivity index (χ3v) is 15.3. The standard InChI is InChI=1S/C76H132O6/c1-4-7-10-13-16-19-22-25-28-30-32-34-35-36-37-38-39-40-41-43-44-46-48-51-54-57-60-63-66-69-75(78)81-72-73(71-80-74(77)68-65-62-59-56-53-50-27-24-21-18-15-12-9-6-3)82-76(79)70-67-64-61-58-55-52-49-47-45-42-33-31-29-26-23-20-17-14-11-8-5-2/h7,10,15-16,18-19,23-28,31-34,73H,4-6,8-9,11-14,17,20-22,29-30,35-72H2,1-3H3/b10-7-,18-15-,19-16-,26-23-,27-24-,28-25-,33-31-,34-32-. The van der Waals surface area contributed by atoms with E-state index in [-0.39, 0.29) is 31.1 Å². The molecule has 82 heavy (non-hydrogen) atoms. The molecule has 0 bridgehead atoms. The molecule has 0 aromatic carbocycles. The molecule has 1 atom stereocenters. The number of allylic oxidation sites excluding steroid dienone is 16. The van der Waals surface area contributed by atoms with E-state index in [1.165, 1.54) is 199 Å². The van der Waals surface area contributed by atoms with E-state index in [1.807, 2.05) is 0 Å². The van der Waals surface area contributed by atoms with Gasteiger partial charge in [0.15, 0.2) is 6.10 Å². The summed E-state index contributed by atoms with van der Waals surface area (Å²) >= 11 is 0. The Kier molecular flexibility index (Phi) is 66.7. The summed E-state index contributed by atoms with van der Waals surface area (Å²) in [4.78, 5) is 38.4. The van der Waals surface area contributed by atoms with Gasteiger partial charge in [0.25, 0.3) is 0 Å². The SMILES string of the molecule is CC/C=C\C/C=C\C/C=C\C/C=C\CCCCCCCCCCCCCCCCCCC(=O)OCC(COC(=O)CCCCCCC/C=C\C/C=C\CCCC)OC(=O)CCCCCCCCCCC/C=C\C/C=C\CCCCCCC. The summed E-state index contributed by atoms with van der Waals surface area (Å²) in [5.41, 5.74) is 0. The summed E-state index contributed by atoms with van der Waals surface area (Å²) in [6, 6.07) is 0. The molecular weight excluding hydrogens is 1010 g/mol. The van der Waals surface area contributed by atoms with Crippen molar-refractivity contribution >= 4 is 17.9 Å². The zero-order valence-corrected chi connectivity index (χ0v) is 54.2. The highest BCUT2D eigenvalue weighted by atomic mass is 16.6. The minimum absolute atomic E-state index is 0.0812. The Morgan fingerprint density at radius 1 is 0.256 bits per heavy atom. The molecular formula is C76H132O6. The molecule has 0 aromatic rings. The minimum atomic E-state index is -0.787. The van der Waals surface area contributed by atoms with E-state index in [1.54, 1.807) is 0 Å². The lowest BCUT2D eigenvalue weighted by Crippen LogP contribution is -2.30. The highest BCUT2D eigenvalue weighted by molar-refractivity contribution is 5.71. The molecule has 0 amide bonds.